The van der Waals surface area contributed by atoms with Gasteiger partial charge in [-0.3, -0.25) is 9.69 Å². The number of aromatic nitrogens is 1. The van der Waals surface area contributed by atoms with Gasteiger partial charge in [0.05, 0.1) is 23.0 Å². The third-order valence-corrected chi connectivity index (χ3v) is 8.12. The molecule has 2 fully saturated rings. The van der Waals surface area contributed by atoms with Crippen LogP contribution in [0.2, 0.25) is 0 Å². The molecule has 4 N–H and O–H groups in total. The number of hydrogen-bond acceptors (Lipinski definition) is 6. The lowest BCUT2D eigenvalue weighted by Gasteiger charge is -2.36. The fraction of sp³-hybridized carbons (Fsp3) is 0.552. The zero-order valence-corrected chi connectivity index (χ0v) is 22.1. The summed E-state index contributed by atoms with van der Waals surface area (Å²) in [4.78, 5) is 34.6. The summed E-state index contributed by atoms with van der Waals surface area (Å²) in [6.45, 7) is 4.62. The fourth-order valence-electron chi connectivity index (χ4n) is 5.99. The molecule has 9 heteroatoms. The number of anilines is 3. The molecule has 9 nitrogen and oxygen atoms in total. The number of piperidine rings is 1. The number of amides is 3. The van der Waals surface area contributed by atoms with E-state index in [1.807, 2.05) is 6.07 Å². The first-order chi connectivity index (χ1) is 18.6. The molecule has 1 aliphatic carbocycles. The van der Waals surface area contributed by atoms with Gasteiger partial charge in [0.25, 0.3) is 5.91 Å². The molecule has 1 aromatic carbocycles. The van der Waals surface area contributed by atoms with Crippen molar-refractivity contribution < 1.29 is 14.7 Å². The van der Waals surface area contributed by atoms with E-state index < -0.39 is 0 Å². The maximum absolute atomic E-state index is 13.4. The number of nitrogens with one attached hydrogen (secondary N) is 3. The number of pyridine rings is 1. The van der Waals surface area contributed by atoms with E-state index in [4.69, 9.17) is 0 Å². The second kappa shape index (κ2) is 12.7. The Kier molecular flexibility index (Phi) is 8.88. The van der Waals surface area contributed by atoms with Crippen molar-refractivity contribution in [2.45, 2.75) is 63.5 Å². The van der Waals surface area contributed by atoms with E-state index in [1.54, 1.807) is 36.5 Å². The number of carbonyl (C=O) groups excluding carboxylic acids is 2. The summed E-state index contributed by atoms with van der Waals surface area (Å²) < 4.78 is 0. The molecule has 0 radical (unpaired) electrons. The lowest BCUT2D eigenvalue weighted by molar-refractivity contribution is 0.102. The molecule has 204 valence electrons. The summed E-state index contributed by atoms with van der Waals surface area (Å²) in [5, 5.41) is 19.4. The van der Waals surface area contributed by atoms with Gasteiger partial charge < -0.3 is 21.1 Å². The highest BCUT2D eigenvalue weighted by Crippen LogP contribution is 2.36. The molecule has 2 aliphatic heterocycles. The molecule has 2 aromatic rings. The molecule has 5 rings (SSSR count). The molecule has 1 unspecified atom stereocenters. The van der Waals surface area contributed by atoms with Gasteiger partial charge in [-0.1, -0.05) is 18.6 Å². The maximum atomic E-state index is 13.4. The first-order valence-corrected chi connectivity index (χ1v) is 14.2. The summed E-state index contributed by atoms with van der Waals surface area (Å²) >= 11 is 0. The summed E-state index contributed by atoms with van der Waals surface area (Å²) in [6.07, 6.45) is 10.2. The Hall–Kier alpha value is -3.01. The number of hydrogen-bond donors (Lipinski definition) is 4. The summed E-state index contributed by atoms with van der Waals surface area (Å²) in [5.41, 5.74) is 1.47. The molecule has 1 aromatic heterocycles. The van der Waals surface area contributed by atoms with Crippen LogP contribution in [0.15, 0.2) is 42.6 Å². The zero-order valence-electron chi connectivity index (χ0n) is 22.1. The van der Waals surface area contributed by atoms with E-state index in [0.29, 0.717) is 41.3 Å². The van der Waals surface area contributed by atoms with Crippen molar-refractivity contribution in [3.63, 3.8) is 0 Å². The molecule has 0 spiro atoms. The topological polar surface area (TPSA) is 110 Å². The van der Waals surface area contributed by atoms with Gasteiger partial charge in [0.15, 0.2) is 5.82 Å². The van der Waals surface area contributed by atoms with Crippen molar-refractivity contribution in [1.82, 2.24) is 20.5 Å². The van der Waals surface area contributed by atoms with Gasteiger partial charge in [-0.05, 0) is 88.2 Å². The maximum Gasteiger partial charge on any atom is 0.327 e. The fourth-order valence-corrected chi connectivity index (χ4v) is 5.99. The second-order valence-electron chi connectivity index (χ2n) is 10.8. The Balaban J connectivity index is 1.14. The highest BCUT2D eigenvalue weighted by atomic mass is 16.3. The van der Waals surface area contributed by atoms with Crippen LogP contribution in [0.25, 0.3) is 0 Å². The molecule has 3 heterocycles. The van der Waals surface area contributed by atoms with Crippen LogP contribution < -0.4 is 20.9 Å². The van der Waals surface area contributed by atoms with Crippen LogP contribution in [-0.4, -0.2) is 71.8 Å². The number of para-hydroxylation sites is 1. The Morgan fingerprint density at radius 3 is 2.76 bits per heavy atom. The molecule has 3 amide bonds. The van der Waals surface area contributed by atoms with Gasteiger partial charge in [-0.2, -0.15) is 0 Å². The van der Waals surface area contributed by atoms with Crippen LogP contribution in [0, 0.1) is 5.92 Å². The Bertz CT molecular complexity index is 1100. The van der Waals surface area contributed by atoms with E-state index in [1.165, 1.54) is 24.2 Å². The van der Waals surface area contributed by atoms with Crippen molar-refractivity contribution in [2.24, 2.45) is 5.92 Å². The standard InChI is InChI=1S/C29H40N6O3/c36-23-13-11-21(12-14-23)19-30-20-22-7-3-4-17-34(22)18-6-16-32-29(38)35-26-10-2-1-8-24(26)28(37)33-25-9-5-15-31-27(25)35/h1-2,5,8-10,15,21-23,30,36H,3-4,6-7,11-14,16-20H2,(H,32,38)(H,33,37). The van der Waals surface area contributed by atoms with Gasteiger partial charge in [-0.25, -0.2) is 14.7 Å². The van der Waals surface area contributed by atoms with E-state index >= 15 is 0 Å². The highest BCUT2D eigenvalue weighted by Gasteiger charge is 2.30. The number of aliphatic hydroxyl groups is 1. The van der Waals surface area contributed by atoms with Crippen molar-refractivity contribution >= 4 is 29.1 Å². The summed E-state index contributed by atoms with van der Waals surface area (Å²) in [5.74, 6) is 0.841. The Morgan fingerprint density at radius 2 is 1.89 bits per heavy atom. The van der Waals surface area contributed by atoms with Crippen LogP contribution >= 0.6 is 0 Å². The summed E-state index contributed by atoms with van der Waals surface area (Å²) in [6, 6.07) is 10.9. The number of aliphatic hydroxyl groups excluding tert-OH is 1. The van der Waals surface area contributed by atoms with E-state index in [9.17, 15) is 14.7 Å². The first kappa shape index (κ1) is 26.6. The molecule has 0 bridgehead atoms. The molecule has 3 aliphatic rings. The van der Waals surface area contributed by atoms with Gasteiger partial charge in [0.1, 0.15) is 0 Å². The lowest BCUT2D eigenvalue weighted by Crippen LogP contribution is -2.47. The Morgan fingerprint density at radius 1 is 1.05 bits per heavy atom. The third kappa shape index (κ3) is 6.34. The van der Waals surface area contributed by atoms with Crippen LogP contribution in [0.4, 0.5) is 22.0 Å². The second-order valence-corrected chi connectivity index (χ2v) is 10.8. The third-order valence-electron chi connectivity index (χ3n) is 8.12. The predicted octanol–water partition coefficient (Wildman–Crippen LogP) is 3.88. The monoisotopic (exact) mass is 520 g/mol. The summed E-state index contributed by atoms with van der Waals surface area (Å²) in [7, 11) is 0. The van der Waals surface area contributed by atoms with E-state index in [2.05, 4.69) is 25.8 Å². The number of rotatable bonds is 8. The van der Waals surface area contributed by atoms with E-state index in [0.717, 1.165) is 58.3 Å². The van der Waals surface area contributed by atoms with Crippen LogP contribution in [0.3, 0.4) is 0 Å². The first-order valence-electron chi connectivity index (χ1n) is 14.2. The highest BCUT2D eigenvalue weighted by molar-refractivity contribution is 6.16. The molecule has 1 saturated heterocycles. The smallest absolute Gasteiger partial charge is 0.327 e. The SMILES string of the molecule is O=C1Nc2cccnc2N(C(=O)NCCCN2CCCCC2CNCC2CCC(O)CC2)c2ccccc21. The number of urea groups is 1. The number of fused-ring (bicyclic) bond motifs is 2. The molecular weight excluding hydrogens is 480 g/mol. The minimum Gasteiger partial charge on any atom is -0.393 e. The van der Waals surface area contributed by atoms with Gasteiger partial charge in [-0.15, -0.1) is 0 Å². The zero-order chi connectivity index (χ0) is 26.3. The van der Waals surface area contributed by atoms with Crippen molar-refractivity contribution in [2.75, 3.05) is 42.9 Å². The Labute approximate surface area is 225 Å². The van der Waals surface area contributed by atoms with Crippen molar-refractivity contribution in [1.29, 1.82) is 0 Å². The molecule has 38 heavy (non-hydrogen) atoms. The van der Waals surface area contributed by atoms with Crippen LogP contribution in [0.5, 0.6) is 0 Å². The molecular formula is C29H40N6O3. The van der Waals surface area contributed by atoms with Gasteiger partial charge in [0, 0.05) is 31.9 Å². The van der Waals surface area contributed by atoms with Crippen LogP contribution in [0.1, 0.15) is 61.7 Å². The largest absolute Gasteiger partial charge is 0.393 e. The normalized spacial score (nSPS) is 23.7. The predicted molar refractivity (Wildman–Crippen MR) is 149 cm³/mol. The van der Waals surface area contributed by atoms with E-state index in [-0.39, 0.29) is 18.0 Å². The number of likely N-dealkylation sites (tertiary alicyclic amines) is 1. The minimum atomic E-state index is -0.289. The quantitative estimate of drug-likeness (QED) is 0.393. The molecule has 1 saturated carbocycles. The van der Waals surface area contributed by atoms with Gasteiger partial charge >= 0.3 is 6.03 Å². The number of carbonyl (C=O) groups is 2. The minimum absolute atomic E-state index is 0.0974. The lowest BCUT2D eigenvalue weighted by atomic mass is 9.87. The number of nitrogens with zero attached hydrogens (tertiary/aromatic N) is 3. The molecule has 1 atom stereocenters. The average Bonchev–Trinajstić information content (AvgIpc) is 3.06. The number of benzene rings is 1. The van der Waals surface area contributed by atoms with Crippen LogP contribution in [-0.2, 0) is 0 Å². The van der Waals surface area contributed by atoms with Gasteiger partial charge in [0.2, 0.25) is 0 Å². The van der Waals surface area contributed by atoms with Crippen molar-refractivity contribution in [3.8, 4) is 0 Å². The van der Waals surface area contributed by atoms with Crippen molar-refractivity contribution in [3.05, 3.63) is 48.2 Å². The average molecular weight is 521 g/mol.